The fourth-order valence-electron chi connectivity index (χ4n) is 19.8. The Hall–Kier alpha value is -12.9. The van der Waals surface area contributed by atoms with Crippen LogP contribution in [0, 0.1) is 41.4 Å². The van der Waals surface area contributed by atoms with Crippen LogP contribution in [0.5, 0.6) is 0 Å². The molecular weight excluding hydrogens is 1590 g/mol. The normalized spacial score (nSPS) is 23.7. The Balaban J connectivity index is 0.000000128. The highest BCUT2D eigenvalue weighted by atomic mass is 16.6. The Morgan fingerprint density at radius 2 is 0.712 bits per heavy atom. The van der Waals surface area contributed by atoms with E-state index in [9.17, 15) is 72.2 Å². The maximum Gasteiger partial charge on any atom is 0.317 e. The van der Waals surface area contributed by atoms with Gasteiger partial charge in [-0.2, -0.15) is 0 Å². The minimum absolute atomic E-state index is 0.00663. The first-order valence-electron chi connectivity index (χ1n) is 43.8. The van der Waals surface area contributed by atoms with Crippen LogP contribution in [0.2, 0.25) is 0 Å². The quantitative estimate of drug-likeness (QED) is 0.0281. The number of hydrogen-bond donors (Lipinski definition) is 2. The lowest BCUT2D eigenvalue weighted by atomic mass is 9.77. The van der Waals surface area contributed by atoms with Gasteiger partial charge in [-0.25, -0.2) is 0 Å². The predicted molar refractivity (Wildman–Crippen MR) is 456 cm³/mol. The zero-order valence-electron chi connectivity index (χ0n) is 69.7. The highest BCUT2D eigenvalue weighted by molar-refractivity contribution is 6.23. The van der Waals surface area contributed by atoms with Gasteiger partial charge in [-0.05, 0) is 165 Å². The van der Waals surface area contributed by atoms with Crippen LogP contribution >= 0.6 is 0 Å². The molecule has 7 aliphatic heterocycles. The van der Waals surface area contributed by atoms with Crippen molar-refractivity contribution >= 4 is 83.6 Å². The van der Waals surface area contributed by atoms with Crippen LogP contribution in [0.25, 0.3) is 0 Å². The zero-order valence-corrected chi connectivity index (χ0v) is 69.7. The number of carbonyl (C=O) groups is 14. The van der Waals surface area contributed by atoms with Crippen molar-refractivity contribution in [3.05, 3.63) is 284 Å². The van der Waals surface area contributed by atoms with E-state index in [-0.39, 0.29) is 127 Å². The summed E-state index contributed by atoms with van der Waals surface area (Å²) in [4.78, 5) is 182. The minimum atomic E-state index is -0.928. The number of fused-ring (bicyclic) bond motifs is 7. The first-order valence-corrected chi connectivity index (χ1v) is 43.8. The minimum Gasteiger partial charge on any atom is -0.481 e. The molecule has 25 heteroatoms. The predicted octanol–water partition coefficient (Wildman–Crippen LogP) is 13.8. The third kappa shape index (κ3) is 19.2. The van der Waals surface area contributed by atoms with E-state index < -0.39 is 41.7 Å². The molecule has 125 heavy (non-hydrogen) atoms. The molecule has 646 valence electrons. The number of carboxylic acid groups (broad SMARTS) is 1. The molecule has 2 N–H and O–H groups in total. The van der Waals surface area contributed by atoms with E-state index in [0.717, 1.165) is 123 Å². The number of ether oxygens (including phenoxy) is 4. The first-order chi connectivity index (χ1) is 60.8. The summed E-state index contributed by atoms with van der Waals surface area (Å²) in [5, 5.41) is 13.1. The van der Waals surface area contributed by atoms with Crippen LogP contribution in [0.15, 0.2) is 206 Å². The van der Waals surface area contributed by atoms with Crippen molar-refractivity contribution in [3.63, 3.8) is 0 Å². The van der Waals surface area contributed by atoms with E-state index in [1.54, 1.807) is 82.6 Å². The molecule has 0 radical (unpaired) electrons. The molecule has 4 aliphatic carbocycles. The van der Waals surface area contributed by atoms with Crippen molar-refractivity contribution in [1.29, 1.82) is 0 Å². The van der Waals surface area contributed by atoms with Gasteiger partial charge in [-0.1, -0.05) is 215 Å². The van der Waals surface area contributed by atoms with Gasteiger partial charge in [-0.3, -0.25) is 81.8 Å². The molecule has 1 saturated heterocycles. The summed E-state index contributed by atoms with van der Waals surface area (Å²) < 4.78 is 20.5. The molecule has 7 heterocycles. The van der Waals surface area contributed by atoms with Crippen LogP contribution in [0.4, 0.5) is 0 Å². The second kappa shape index (κ2) is 40.2. The summed E-state index contributed by atoms with van der Waals surface area (Å²) in [7, 11) is 0. The topological polar surface area (TPSA) is 324 Å². The van der Waals surface area contributed by atoms with Gasteiger partial charge in [0.05, 0.1) is 106 Å². The van der Waals surface area contributed by atoms with Crippen LogP contribution in [-0.2, 0) is 89.8 Å². The molecule has 3 unspecified atom stereocenters. The number of nitrogens with one attached hydrogen (secondary N) is 1. The number of amides is 8. The standard InChI is InChI=1S/C33H32N2O5.C26H26N2O5.C18H16N2O2.C15H18O4.C8H10O3/c36-30(27-16-8-9-17-28(27)33(39)40-21-22-10-2-1-3-11-22)34-19-18-23-12-4-5-13-24(23)29(34)20-35-31(37)25-14-6-7-15-26(25)32(35)38;29-23(20-11-5-6-12-21(20)26(32)33)27-14-13-16-7-1-2-8-17(16)22(27)15-28-24(30)18-9-3-4-10-19(18)25(28)31;21-17-14-7-3-4-8-15(14)18(22)20(17)11-16-13-6-2-1-5-12(13)9-10-19-16;16-11-19-14-9-5-4-8-13(14)15(17)18-10-12-6-2-1-3-7-12;9-7-5-3-1-2-4-6(5)8(10)11-7/h1-7,10-15,27-29H,8-9,16-21H2;1-4,7-10,20-22H,5-6,11-15H2,(H,32,33);1-8,16,19H,9-11H2;1-3,6-7,11,13-14H,4-5,8-10H2;5-6H,1-4H2/t27-,28+,29?;20-,21+,22?;;13-,14+;5-,6+/m11.0./s1. The summed E-state index contributed by atoms with van der Waals surface area (Å²) in [5.74, 6) is -6.95. The van der Waals surface area contributed by atoms with Gasteiger partial charge in [0.15, 0.2) is 0 Å². The Kier molecular flexibility index (Phi) is 28.0. The summed E-state index contributed by atoms with van der Waals surface area (Å²) in [6, 6.07) is 62.6. The van der Waals surface area contributed by atoms with E-state index in [2.05, 4.69) is 22.2 Å². The van der Waals surface area contributed by atoms with Gasteiger partial charge in [0.1, 0.15) is 19.3 Å². The Morgan fingerprint density at radius 1 is 0.376 bits per heavy atom. The van der Waals surface area contributed by atoms with Crippen molar-refractivity contribution in [2.75, 3.05) is 39.3 Å². The summed E-state index contributed by atoms with van der Waals surface area (Å²) >= 11 is 0. The van der Waals surface area contributed by atoms with Gasteiger partial charge >= 0.3 is 29.8 Å². The molecule has 0 aromatic heterocycles. The number of esters is 4. The lowest BCUT2D eigenvalue weighted by molar-refractivity contribution is -0.160. The van der Waals surface area contributed by atoms with Crippen molar-refractivity contribution in [2.24, 2.45) is 41.4 Å². The van der Waals surface area contributed by atoms with E-state index in [1.165, 1.54) is 25.8 Å². The van der Waals surface area contributed by atoms with Crippen molar-refractivity contribution in [2.45, 2.75) is 159 Å². The number of rotatable bonds is 17. The van der Waals surface area contributed by atoms with Gasteiger partial charge in [0.25, 0.3) is 41.9 Å². The third-order valence-corrected chi connectivity index (χ3v) is 26.4. The van der Waals surface area contributed by atoms with Gasteiger partial charge in [0.2, 0.25) is 11.8 Å². The molecule has 8 aromatic carbocycles. The summed E-state index contributed by atoms with van der Waals surface area (Å²) in [6.45, 7) is 3.14. The second-order valence-electron chi connectivity index (χ2n) is 33.7. The fraction of sp³-hybridized carbons (Fsp3) is 0.380. The van der Waals surface area contributed by atoms with Crippen molar-refractivity contribution in [1.82, 2.24) is 29.8 Å². The van der Waals surface area contributed by atoms with Crippen LogP contribution in [-0.4, -0.2) is 159 Å². The highest BCUT2D eigenvalue weighted by Gasteiger charge is 2.49. The molecule has 5 fully saturated rings. The Bertz CT molecular complexity index is 5280. The molecule has 8 amide bonds. The molecule has 11 atom stereocenters. The van der Waals surface area contributed by atoms with Gasteiger partial charge in [-0.15, -0.1) is 0 Å². The van der Waals surface area contributed by atoms with E-state index in [0.29, 0.717) is 98.0 Å². The number of nitrogens with zero attached hydrogens (tertiary/aromatic N) is 5. The highest BCUT2D eigenvalue weighted by Crippen LogP contribution is 2.43. The Labute approximate surface area is 725 Å². The number of imide groups is 3. The summed E-state index contributed by atoms with van der Waals surface area (Å²) in [5.41, 5.74) is 11.0. The molecule has 8 aromatic rings. The molecule has 19 rings (SSSR count). The van der Waals surface area contributed by atoms with Gasteiger partial charge in [0, 0.05) is 19.6 Å². The average Bonchev–Trinajstić information content (AvgIpc) is 1.65. The van der Waals surface area contributed by atoms with Crippen LogP contribution < -0.4 is 5.32 Å². The molecule has 0 bridgehead atoms. The average molecular weight is 1690 g/mol. The number of aliphatic carboxylic acids is 1. The fourth-order valence-corrected chi connectivity index (χ4v) is 19.8. The maximum atomic E-state index is 14.2. The van der Waals surface area contributed by atoms with Gasteiger partial charge < -0.3 is 39.2 Å². The number of carboxylic acids is 1. The largest absolute Gasteiger partial charge is 0.481 e. The molecule has 25 nitrogen and oxygen atoms in total. The first kappa shape index (κ1) is 87.0. The van der Waals surface area contributed by atoms with Crippen molar-refractivity contribution < 1.29 is 91.2 Å². The molecule has 4 saturated carbocycles. The summed E-state index contributed by atoms with van der Waals surface area (Å²) in [6.07, 6.45) is 14.9. The zero-order chi connectivity index (χ0) is 87.2. The number of hydrogen-bond acceptors (Lipinski definition) is 19. The van der Waals surface area contributed by atoms with Crippen molar-refractivity contribution in [3.8, 4) is 0 Å². The lowest BCUT2D eigenvalue weighted by Gasteiger charge is -2.42. The van der Waals surface area contributed by atoms with E-state index >= 15 is 0 Å². The van der Waals surface area contributed by atoms with E-state index in [4.69, 9.17) is 14.2 Å². The molecular formula is C100H102N6O19. The Morgan fingerprint density at radius 3 is 1.14 bits per heavy atom. The number of carbonyl (C=O) groups excluding carboxylic acids is 13. The molecule has 11 aliphatic rings. The van der Waals surface area contributed by atoms with Crippen LogP contribution in [0.3, 0.4) is 0 Å². The number of cyclic esters (lactones) is 2. The molecule has 0 spiro atoms. The SMILES string of the molecule is O=C(O)[C@H]1CCCC[C@H]1C(=O)N1CCc2ccccc2C1CN1C(=O)c2ccccc2C1=O.O=C(OCc1ccccc1)[C@H]1CCCC[C@H]1C(=O)N1CCc2ccccc2C1CN1C(=O)c2ccccc2C1=O.O=C1OC(=O)[C@@H]2CCCC[C@H]12.O=C1c2ccccc2C(=O)N1CC1NCCc2ccccc21.O=CO[C@@H]1CCCC[C@@H]1C(=O)OCc1ccccc1. The smallest absolute Gasteiger partial charge is 0.317 e. The monoisotopic (exact) mass is 1690 g/mol. The third-order valence-electron chi connectivity index (χ3n) is 26.4. The second-order valence-corrected chi connectivity index (χ2v) is 33.7. The van der Waals surface area contributed by atoms with E-state index in [1.807, 2.05) is 121 Å². The van der Waals surface area contributed by atoms with Crippen LogP contribution in [0.1, 0.15) is 228 Å². The lowest BCUT2D eigenvalue weighted by Crippen LogP contribution is -2.50. The number of benzene rings is 8. The maximum absolute atomic E-state index is 14.2.